The lowest BCUT2D eigenvalue weighted by atomic mass is 10.1. The summed E-state index contributed by atoms with van der Waals surface area (Å²) < 4.78 is 12.4. The van der Waals surface area contributed by atoms with E-state index in [-0.39, 0.29) is 11.4 Å². The number of hydrogen-bond donors (Lipinski definition) is 2. The van der Waals surface area contributed by atoms with Crippen molar-refractivity contribution in [1.29, 1.82) is 0 Å². The number of nitrogens with one attached hydrogen (secondary N) is 1. The van der Waals surface area contributed by atoms with Crippen molar-refractivity contribution in [2.45, 2.75) is 19.4 Å². The number of anilines is 1. The summed E-state index contributed by atoms with van der Waals surface area (Å²) >= 11 is 0. The maximum absolute atomic E-state index is 12.4. The van der Waals surface area contributed by atoms with Crippen molar-refractivity contribution < 1.29 is 4.39 Å². The molecule has 0 bridgehead atoms. The van der Waals surface area contributed by atoms with E-state index >= 15 is 0 Å². The smallest absolute Gasteiger partial charge is 0.141 e. The van der Waals surface area contributed by atoms with Crippen molar-refractivity contribution in [3.05, 3.63) is 24.1 Å². The number of hydrogen-bond acceptors (Lipinski definition) is 3. The van der Waals surface area contributed by atoms with Gasteiger partial charge in [-0.3, -0.25) is 0 Å². The highest BCUT2D eigenvalue weighted by Crippen LogP contribution is 2.05. The van der Waals surface area contributed by atoms with E-state index in [0.717, 1.165) is 0 Å². The molecule has 0 aliphatic carbocycles. The van der Waals surface area contributed by atoms with Crippen LogP contribution in [0.1, 0.15) is 13.8 Å². The van der Waals surface area contributed by atoms with E-state index < -0.39 is 0 Å². The topological polar surface area (TPSA) is 50.9 Å². The van der Waals surface area contributed by atoms with Crippen LogP contribution in [0.4, 0.5) is 10.2 Å². The van der Waals surface area contributed by atoms with Crippen molar-refractivity contribution in [3.63, 3.8) is 0 Å². The van der Waals surface area contributed by atoms with Crippen LogP contribution < -0.4 is 11.1 Å². The highest BCUT2D eigenvalue weighted by atomic mass is 19.1. The first-order valence-electron chi connectivity index (χ1n) is 4.12. The Balaban J connectivity index is 2.51. The first kappa shape index (κ1) is 9.92. The Morgan fingerprint density at radius 3 is 2.69 bits per heavy atom. The number of nitrogens with two attached hydrogens (primary N) is 1. The third kappa shape index (κ3) is 3.85. The predicted molar refractivity (Wildman–Crippen MR) is 51.0 cm³/mol. The molecule has 72 valence electrons. The monoisotopic (exact) mass is 183 g/mol. The zero-order valence-electron chi connectivity index (χ0n) is 7.84. The van der Waals surface area contributed by atoms with Crippen molar-refractivity contribution in [1.82, 2.24) is 4.98 Å². The first-order chi connectivity index (χ1) is 5.97. The quantitative estimate of drug-likeness (QED) is 0.744. The average molecular weight is 183 g/mol. The molecular weight excluding hydrogens is 169 g/mol. The fourth-order valence-corrected chi connectivity index (χ4v) is 0.799. The zero-order chi connectivity index (χ0) is 9.90. The molecule has 0 radical (unpaired) electrons. The van der Waals surface area contributed by atoms with Gasteiger partial charge in [0.15, 0.2) is 0 Å². The molecule has 1 heterocycles. The summed E-state index contributed by atoms with van der Waals surface area (Å²) in [5.74, 6) is 0.303. The van der Waals surface area contributed by atoms with Gasteiger partial charge < -0.3 is 11.1 Å². The number of nitrogens with zero attached hydrogens (tertiary/aromatic N) is 1. The Hall–Kier alpha value is -1.16. The molecule has 0 unspecified atom stereocenters. The molecule has 0 saturated heterocycles. The molecule has 0 aromatic carbocycles. The van der Waals surface area contributed by atoms with E-state index in [1.807, 2.05) is 13.8 Å². The summed E-state index contributed by atoms with van der Waals surface area (Å²) in [6.45, 7) is 4.42. The molecule has 3 N–H and O–H groups in total. The molecule has 0 aliphatic rings. The molecule has 13 heavy (non-hydrogen) atoms. The summed E-state index contributed by atoms with van der Waals surface area (Å²) in [5, 5.41) is 3.01. The minimum absolute atomic E-state index is 0.296. The van der Waals surface area contributed by atoms with E-state index in [1.54, 1.807) is 6.07 Å². The molecule has 3 nitrogen and oxygen atoms in total. The molecule has 1 aromatic rings. The van der Waals surface area contributed by atoms with Gasteiger partial charge in [0.05, 0.1) is 6.20 Å². The minimum atomic E-state index is -0.336. The van der Waals surface area contributed by atoms with E-state index in [0.29, 0.717) is 12.4 Å². The van der Waals surface area contributed by atoms with Crippen LogP contribution in [0.15, 0.2) is 18.3 Å². The Labute approximate surface area is 77.2 Å². The van der Waals surface area contributed by atoms with E-state index in [9.17, 15) is 4.39 Å². The zero-order valence-corrected chi connectivity index (χ0v) is 7.84. The molecule has 0 amide bonds. The Kier molecular flexibility index (Phi) is 2.83. The average Bonchev–Trinajstić information content (AvgIpc) is 2.02. The Morgan fingerprint density at radius 1 is 1.54 bits per heavy atom. The summed E-state index contributed by atoms with van der Waals surface area (Å²) in [4.78, 5) is 3.84. The molecule has 0 saturated carbocycles. The van der Waals surface area contributed by atoms with Gasteiger partial charge in [-0.25, -0.2) is 9.37 Å². The fraction of sp³-hybridized carbons (Fsp3) is 0.444. The number of aromatic nitrogens is 1. The van der Waals surface area contributed by atoms with Gasteiger partial charge in [-0.05, 0) is 26.0 Å². The van der Waals surface area contributed by atoms with E-state index in [2.05, 4.69) is 10.3 Å². The number of pyridine rings is 1. The molecule has 4 heteroatoms. The first-order valence-corrected chi connectivity index (χ1v) is 4.12. The van der Waals surface area contributed by atoms with Crippen LogP contribution in [-0.2, 0) is 0 Å². The predicted octanol–water partition coefficient (Wildman–Crippen LogP) is 1.37. The second kappa shape index (κ2) is 3.70. The highest BCUT2D eigenvalue weighted by Gasteiger charge is 2.09. The summed E-state index contributed by atoms with van der Waals surface area (Å²) in [7, 11) is 0. The van der Waals surface area contributed by atoms with Gasteiger partial charge in [0.2, 0.25) is 0 Å². The largest absolute Gasteiger partial charge is 0.368 e. The van der Waals surface area contributed by atoms with Crippen LogP contribution in [0.5, 0.6) is 0 Å². The molecule has 0 fully saturated rings. The van der Waals surface area contributed by atoms with Gasteiger partial charge in [-0.15, -0.1) is 0 Å². The molecule has 1 rings (SSSR count). The lowest BCUT2D eigenvalue weighted by molar-refractivity contribution is 0.548. The lowest BCUT2D eigenvalue weighted by Crippen LogP contribution is -2.39. The normalized spacial score (nSPS) is 11.4. The lowest BCUT2D eigenvalue weighted by Gasteiger charge is -2.19. The van der Waals surface area contributed by atoms with Crippen LogP contribution >= 0.6 is 0 Å². The summed E-state index contributed by atoms with van der Waals surface area (Å²) in [5.41, 5.74) is 5.45. The van der Waals surface area contributed by atoms with Crippen LogP contribution in [-0.4, -0.2) is 17.1 Å². The molecule has 0 spiro atoms. The second-order valence-corrected chi connectivity index (χ2v) is 3.70. The van der Waals surface area contributed by atoms with Gasteiger partial charge >= 0.3 is 0 Å². The van der Waals surface area contributed by atoms with Crippen molar-refractivity contribution in [3.8, 4) is 0 Å². The minimum Gasteiger partial charge on any atom is -0.368 e. The maximum atomic E-state index is 12.4. The second-order valence-electron chi connectivity index (χ2n) is 3.70. The van der Waals surface area contributed by atoms with Crippen molar-refractivity contribution in [2.24, 2.45) is 5.73 Å². The maximum Gasteiger partial charge on any atom is 0.141 e. The van der Waals surface area contributed by atoms with Crippen LogP contribution in [0.25, 0.3) is 0 Å². The van der Waals surface area contributed by atoms with Crippen LogP contribution in [0.3, 0.4) is 0 Å². The fourth-order valence-electron chi connectivity index (χ4n) is 0.799. The van der Waals surface area contributed by atoms with Gasteiger partial charge in [-0.2, -0.15) is 0 Å². The van der Waals surface area contributed by atoms with Gasteiger partial charge in [0.1, 0.15) is 11.6 Å². The molecule has 0 atom stereocenters. The van der Waals surface area contributed by atoms with E-state index in [1.165, 1.54) is 12.3 Å². The summed E-state index contributed by atoms with van der Waals surface area (Å²) in [6.07, 6.45) is 1.17. The van der Waals surface area contributed by atoms with Crippen LogP contribution in [0.2, 0.25) is 0 Å². The Morgan fingerprint density at radius 2 is 2.23 bits per heavy atom. The van der Waals surface area contributed by atoms with Gasteiger partial charge in [-0.1, -0.05) is 0 Å². The standard InChI is InChI=1S/C9H14FN3/c1-9(2,11)6-13-8-4-3-7(10)5-12-8/h3-5H,6,11H2,1-2H3,(H,12,13). The van der Waals surface area contributed by atoms with Crippen LogP contribution in [0, 0.1) is 5.82 Å². The third-order valence-corrected chi connectivity index (χ3v) is 1.45. The van der Waals surface area contributed by atoms with Gasteiger partial charge in [0.25, 0.3) is 0 Å². The number of halogens is 1. The summed E-state index contributed by atoms with van der Waals surface area (Å²) in [6, 6.07) is 2.94. The number of rotatable bonds is 3. The molecule has 1 aromatic heterocycles. The van der Waals surface area contributed by atoms with Crippen molar-refractivity contribution >= 4 is 5.82 Å². The van der Waals surface area contributed by atoms with Gasteiger partial charge in [0, 0.05) is 12.1 Å². The molecule has 0 aliphatic heterocycles. The van der Waals surface area contributed by atoms with E-state index in [4.69, 9.17) is 5.73 Å². The molecular formula is C9H14FN3. The third-order valence-electron chi connectivity index (χ3n) is 1.45. The Bertz CT molecular complexity index is 263. The highest BCUT2D eigenvalue weighted by molar-refractivity contribution is 5.33. The SMILES string of the molecule is CC(C)(N)CNc1ccc(F)cn1. The van der Waals surface area contributed by atoms with Crippen molar-refractivity contribution in [2.75, 3.05) is 11.9 Å².